The van der Waals surface area contributed by atoms with Gasteiger partial charge in [-0.2, -0.15) is 0 Å². The first-order chi connectivity index (χ1) is 30.2. The Balaban J connectivity index is 0.764. The van der Waals surface area contributed by atoms with E-state index in [0.29, 0.717) is 77.6 Å². The fourth-order valence-corrected chi connectivity index (χ4v) is 8.21. The number of ether oxygens (including phenoxy) is 3. The molecule has 0 bridgehead atoms. The fourth-order valence-electron chi connectivity index (χ4n) is 8.21. The van der Waals surface area contributed by atoms with E-state index >= 15 is 0 Å². The normalized spacial score (nSPS) is 17.1. The molecule has 0 aromatic heterocycles. The minimum absolute atomic E-state index is 0.0773. The number of nitrogens with one attached hydrogen (secondary N) is 2. The molecule has 0 radical (unpaired) electrons. The zero-order valence-electron chi connectivity index (χ0n) is 35.1. The van der Waals surface area contributed by atoms with E-state index in [1.165, 1.54) is 4.90 Å². The predicted octanol–water partition coefficient (Wildman–Crippen LogP) is 5.29. The lowest BCUT2D eigenvalue weighted by molar-refractivity contribution is -0.137. The monoisotopic (exact) mass is 845 g/mol. The number of anilines is 1. The Morgan fingerprint density at radius 1 is 0.774 bits per heavy atom. The van der Waals surface area contributed by atoms with Crippen molar-refractivity contribution in [3.05, 3.63) is 119 Å². The van der Waals surface area contributed by atoms with Crippen molar-refractivity contribution in [3.8, 4) is 17.2 Å². The molecule has 0 saturated carbocycles. The predicted molar refractivity (Wildman–Crippen MR) is 235 cm³/mol. The van der Waals surface area contributed by atoms with Crippen LogP contribution in [0.25, 0.3) is 11.1 Å². The van der Waals surface area contributed by atoms with Crippen LogP contribution in [0.3, 0.4) is 0 Å². The van der Waals surface area contributed by atoms with Gasteiger partial charge in [0.05, 0.1) is 32.8 Å². The summed E-state index contributed by atoms with van der Waals surface area (Å²) in [7, 11) is 0. The summed E-state index contributed by atoms with van der Waals surface area (Å²) in [5.41, 5.74) is 7.39. The number of piperazine rings is 1. The quantitative estimate of drug-likeness (QED) is 0.0550. The van der Waals surface area contributed by atoms with E-state index in [1.807, 2.05) is 47.4 Å². The molecule has 0 aliphatic carbocycles. The number of carbonyl (C=O) groups excluding carboxylic acids is 4. The molecule has 3 heterocycles. The average Bonchev–Trinajstić information content (AvgIpc) is 3.62. The van der Waals surface area contributed by atoms with Crippen LogP contribution in [0.5, 0.6) is 17.2 Å². The first kappa shape index (κ1) is 43.9. The van der Waals surface area contributed by atoms with Gasteiger partial charge in [0.25, 0.3) is 5.91 Å². The summed E-state index contributed by atoms with van der Waals surface area (Å²) in [6.07, 6.45) is 1.61. The van der Waals surface area contributed by atoms with E-state index in [2.05, 4.69) is 34.6 Å². The van der Waals surface area contributed by atoms with Gasteiger partial charge < -0.3 is 39.5 Å². The Bertz CT molecular complexity index is 2220. The molecule has 2 fully saturated rings. The van der Waals surface area contributed by atoms with E-state index in [1.54, 1.807) is 36.4 Å². The molecule has 3 aliphatic heterocycles. The topological polar surface area (TPSA) is 170 Å². The largest absolute Gasteiger partial charge is 0.508 e. The van der Waals surface area contributed by atoms with E-state index < -0.39 is 11.9 Å². The van der Waals surface area contributed by atoms with E-state index in [9.17, 15) is 29.4 Å². The molecule has 14 heteroatoms. The Morgan fingerprint density at radius 3 is 2.08 bits per heavy atom. The summed E-state index contributed by atoms with van der Waals surface area (Å²) in [6, 6.07) is 27.3. The highest BCUT2D eigenvalue weighted by Gasteiger charge is 2.39. The highest BCUT2D eigenvalue weighted by molar-refractivity contribution is 6.06. The van der Waals surface area contributed by atoms with Crippen molar-refractivity contribution in [1.29, 1.82) is 0 Å². The number of piperidine rings is 1. The zero-order valence-corrected chi connectivity index (χ0v) is 35.1. The number of nitrogens with zero attached hydrogens (tertiary/aromatic N) is 3. The number of hydrogen-bond donors (Lipinski definition) is 4. The number of aromatic hydroxyl groups is 2. The van der Waals surface area contributed by atoms with E-state index in [-0.39, 0.29) is 35.6 Å². The van der Waals surface area contributed by atoms with Gasteiger partial charge in [-0.3, -0.25) is 29.4 Å². The molecule has 4 aromatic rings. The molecular weight excluding hydrogens is 791 g/mol. The lowest BCUT2D eigenvalue weighted by Gasteiger charge is -2.34. The molecule has 0 spiro atoms. The van der Waals surface area contributed by atoms with Crippen LogP contribution >= 0.6 is 0 Å². The Morgan fingerprint density at radius 2 is 1.42 bits per heavy atom. The minimum atomic E-state index is -0.656. The van der Waals surface area contributed by atoms with Gasteiger partial charge in [0.15, 0.2) is 0 Å². The maximum atomic E-state index is 13.1. The van der Waals surface area contributed by atoms with Crippen LogP contribution in [0.4, 0.5) is 5.69 Å². The highest BCUT2D eigenvalue weighted by atomic mass is 16.5. The maximum Gasteiger partial charge on any atom is 0.255 e. The number of phenols is 2. The molecule has 62 heavy (non-hydrogen) atoms. The maximum absolute atomic E-state index is 13.1. The van der Waals surface area contributed by atoms with Gasteiger partial charge in [0.1, 0.15) is 29.9 Å². The van der Waals surface area contributed by atoms with Gasteiger partial charge in [-0.15, -0.1) is 0 Å². The number of allylic oxidation sites excluding steroid dienone is 1. The third-order valence-corrected chi connectivity index (χ3v) is 11.5. The molecule has 2 saturated heterocycles. The Hall–Kier alpha value is -6.22. The van der Waals surface area contributed by atoms with Crippen molar-refractivity contribution in [1.82, 2.24) is 20.0 Å². The number of fused-ring (bicyclic) bond motifs is 1. The third kappa shape index (κ3) is 11.0. The molecule has 7 rings (SSSR count). The Kier molecular flexibility index (Phi) is 14.9. The number of imide groups is 1. The molecule has 14 nitrogen and oxygen atoms in total. The van der Waals surface area contributed by atoms with Crippen LogP contribution in [0.15, 0.2) is 91.0 Å². The van der Waals surface area contributed by atoms with Crippen LogP contribution in [0.2, 0.25) is 0 Å². The summed E-state index contributed by atoms with van der Waals surface area (Å²) in [6.45, 7) is 8.55. The number of hydrogen-bond acceptors (Lipinski definition) is 11. The van der Waals surface area contributed by atoms with Crippen LogP contribution in [-0.2, 0) is 30.4 Å². The number of phenolic OH excluding ortho intramolecular Hbond substituents is 2. The van der Waals surface area contributed by atoms with Gasteiger partial charge in [-0.05, 0) is 89.2 Å². The minimum Gasteiger partial charge on any atom is -0.508 e. The molecule has 4 amide bonds. The van der Waals surface area contributed by atoms with Crippen LogP contribution in [0.1, 0.15) is 65.2 Å². The number of amides is 4. The zero-order chi connectivity index (χ0) is 43.4. The number of benzene rings is 4. The SMILES string of the molecule is CCC(=C(c1ccc(O)cc1)c1ccc(OCCN2CCN(C(=O)CCOCCOCCNc3cccc4c3CN(C3CCC(=O)NC3=O)C4=O)CC2)cc1)c1ccc(O)cc1. The van der Waals surface area contributed by atoms with Gasteiger partial charge >= 0.3 is 0 Å². The summed E-state index contributed by atoms with van der Waals surface area (Å²) in [5, 5.41) is 25.5. The molecule has 326 valence electrons. The average molecular weight is 846 g/mol. The number of carbonyl (C=O) groups is 4. The van der Waals surface area contributed by atoms with Crippen LogP contribution < -0.4 is 15.4 Å². The molecule has 1 atom stereocenters. The van der Waals surface area contributed by atoms with Gasteiger partial charge in [-0.1, -0.05) is 49.4 Å². The molecule has 3 aliphatic rings. The van der Waals surface area contributed by atoms with Crippen molar-refractivity contribution in [2.75, 3.05) is 77.6 Å². The summed E-state index contributed by atoms with van der Waals surface area (Å²) < 4.78 is 17.5. The smallest absolute Gasteiger partial charge is 0.255 e. The van der Waals surface area contributed by atoms with Crippen molar-refractivity contribution >= 4 is 40.5 Å². The summed E-state index contributed by atoms with van der Waals surface area (Å²) in [4.78, 5) is 55.6. The lowest BCUT2D eigenvalue weighted by Crippen LogP contribution is -2.52. The molecule has 4 N–H and O–H groups in total. The second kappa shape index (κ2) is 21.0. The van der Waals surface area contributed by atoms with Gasteiger partial charge in [0.2, 0.25) is 17.7 Å². The highest BCUT2D eigenvalue weighted by Crippen LogP contribution is 2.36. The van der Waals surface area contributed by atoms with Crippen molar-refractivity contribution in [3.63, 3.8) is 0 Å². The lowest BCUT2D eigenvalue weighted by atomic mass is 9.88. The third-order valence-electron chi connectivity index (χ3n) is 11.5. The van der Waals surface area contributed by atoms with Crippen LogP contribution in [0, 0.1) is 0 Å². The van der Waals surface area contributed by atoms with Crippen molar-refractivity contribution in [2.45, 2.75) is 45.2 Å². The van der Waals surface area contributed by atoms with Crippen molar-refractivity contribution in [2.24, 2.45) is 0 Å². The van der Waals surface area contributed by atoms with Crippen molar-refractivity contribution < 1.29 is 43.6 Å². The Labute approximate surface area is 362 Å². The summed E-state index contributed by atoms with van der Waals surface area (Å²) >= 11 is 0. The first-order valence-electron chi connectivity index (χ1n) is 21.4. The fraction of sp³-hybridized carbons (Fsp3) is 0.375. The van der Waals surface area contributed by atoms with Gasteiger partial charge in [-0.25, -0.2) is 0 Å². The second-order valence-electron chi connectivity index (χ2n) is 15.5. The molecule has 4 aromatic carbocycles. The van der Waals surface area contributed by atoms with E-state index in [4.69, 9.17) is 14.2 Å². The van der Waals surface area contributed by atoms with Gasteiger partial charge in [0, 0.05) is 69.0 Å². The van der Waals surface area contributed by atoms with E-state index in [0.717, 1.165) is 70.9 Å². The summed E-state index contributed by atoms with van der Waals surface area (Å²) in [5.74, 6) is 0.322. The number of rotatable bonds is 19. The van der Waals surface area contributed by atoms with Crippen LogP contribution in [-0.4, -0.2) is 127 Å². The molecule has 1 unspecified atom stereocenters. The first-order valence-corrected chi connectivity index (χ1v) is 21.4. The standard InChI is InChI=1S/C48H55N5O9/c1-2-39(33-6-12-36(54)13-7-33)46(34-8-14-37(55)15-9-34)35-10-16-38(17-11-35)62-29-26-51-22-24-52(25-23-51)45(57)20-27-60-30-31-61-28-21-49-42-5-3-4-40-41(42)32-53(48(40)59)43-18-19-44(56)50-47(43)58/h3-17,43,49,54-55H,2,18-32H2,1H3,(H,50,56,58). The molecular formula is C48H55N5O9. The second-order valence-corrected chi connectivity index (χ2v) is 15.5.